The monoisotopic (exact) mass is 185 g/mol. The van der Waals surface area contributed by atoms with Crippen LogP contribution in [0.1, 0.15) is 13.8 Å². The molecule has 1 radical (unpaired) electrons. The number of hydrogen-bond acceptors (Lipinski definition) is 0. The van der Waals surface area contributed by atoms with Gasteiger partial charge >= 0.3 is 0 Å². The maximum absolute atomic E-state index is 5.41. The zero-order valence-electron chi connectivity index (χ0n) is 5.29. The minimum absolute atomic E-state index is 1.11. The van der Waals surface area contributed by atoms with Crippen LogP contribution in [0.2, 0.25) is 0 Å². The van der Waals surface area contributed by atoms with Gasteiger partial charge in [0.2, 0.25) is 0 Å². The fourth-order valence-electron chi connectivity index (χ4n) is 0.261. The van der Waals surface area contributed by atoms with Gasteiger partial charge in [0.05, 0.1) is 0 Å². The molecular weight excluding hydrogens is 178 g/mol. The Morgan fingerprint density at radius 3 is 1.78 bits per heavy atom. The molecule has 0 fully saturated rings. The van der Waals surface area contributed by atoms with Crippen molar-refractivity contribution in [3.05, 3.63) is 18.1 Å². The highest BCUT2D eigenvalue weighted by molar-refractivity contribution is 6.68. The van der Waals surface area contributed by atoms with Crippen LogP contribution in [0.4, 0.5) is 0 Å². The van der Waals surface area contributed by atoms with Crippen molar-refractivity contribution in [2.24, 2.45) is 0 Å². The first-order valence-electron chi connectivity index (χ1n) is 2.48. The average molecular weight is 186 g/mol. The summed E-state index contributed by atoms with van der Waals surface area (Å²) in [7, 11) is 0. The van der Waals surface area contributed by atoms with Crippen molar-refractivity contribution in [3.63, 3.8) is 0 Å². The summed E-state index contributed by atoms with van der Waals surface area (Å²) in [6.07, 6.45) is 3.29. The molecule has 0 heterocycles. The third kappa shape index (κ3) is 8.61. The van der Waals surface area contributed by atoms with E-state index in [1.807, 2.05) is 13.8 Å². The maximum Gasteiger partial charge on any atom is 0.197 e. The van der Waals surface area contributed by atoms with E-state index in [9.17, 15) is 0 Å². The summed E-state index contributed by atoms with van der Waals surface area (Å²) in [5, 5.41) is 0. The van der Waals surface area contributed by atoms with E-state index in [4.69, 9.17) is 34.8 Å². The summed E-state index contributed by atoms with van der Waals surface area (Å²) in [6, 6.07) is 0. The van der Waals surface area contributed by atoms with Gasteiger partial charge in [0.15, 0.2) is 3.79 Å². The molecule has 53 valence electrons. The highest BCUT2D eigenvalue weighted by Crippen LogP contribution is 2.29. The van der Waals surface area contributed by atoms with E-state index < -0.39 is 3.79 Å². The Hall–Kier alpha value is 0.610. The SMILES string of the molecule is CC(C)=C[CH]C(Cl)(Cl)Cl. The lowest BCUT2D eigenvalue weighted by Crippen LogP contribution is -1.99. The topological polar surface area (TPSA) is 0 Å². The molecule has 0 rings (SSSR count). The quantitative estimate of drug-likeness (QED) is 0.550. The Bertz CT molecular complexity index is 106. The van der Waals surface area contributed by atoms with Gasteiger partial charge < -0.3 is 0 Å². The molecule has 0 aliphatic carbocycles. The van der Waals surface area contributed by atoms with Gasteiger partial charge in [-0.15, -0.1) is 0 Å². The van der Waals surface area contributed by atoms with Gasteiger partial charge in [-0.3, -0.25) is 0 Å². The predicted octanol–water partition coefficient (Wildman–Crippen LogP) is 3.53. The van der Waals surface area contributed by atoms with Gasteiger partial charge in [0, 0.05) is 6.42 Å². The van der Waals surface area contributed by atoms with Gasteiger partial charge in [0.1, 0.15) is 0 Å². The van der Waals surface area contributed by atoms with Gasteiger partial charge in [0.25, 0.3) is 0 Å². The Kier molecular flexibility index (Phi) is 3.95. The van der Waals surface area contributed by atoms with Crippen molar-refractivity contribution in [2.75, 3.05) is 0 Å². The summed E-state index contributed by atoms with van der Waals surface area (Å²) in [6.45, 7) is 3.87. The zero-order chi connectivity index (χ0) is 7.49. The highest BCUT2D eigenvalue weighted by Gasteiger charge is 2.16. The van der Waals surface area contributed by atoms with Gasteiger partial charge in [-0.1, -0.05) is 46.5 Å². The molecule has 0 unspecified atom stereocenters. The minimum Gasteiger partial charge on any atom is -0.0830 e. The Balaban J connectivity index is 3.64. The fraction of sp³-hybridized carbons (Fsp3) is 0.500. The van der Waals surface area contributed by atoms with Crippen LogP contribution in [0, 0.1) is 6.42 Å². The second-order valence-corrected chi connectivity index (χ2v) is 4.32. The zero-order valence-corrected chi connectivity index (χ0v) is 7.56. The number of alkyl halides is 3. The van der Waals surface area contributed by atoms with E-state index in [-0.39, 0.29) is 0 Å². The van der Waals surface area contributed by atoms with Crippen LogP contribution >= 0.6 is 34.8 Å². The lowest BCUT2D eigenvalue weighted by atomic mass is 10.3. The Morgan fingerprint density at radius 1 is 1.22 bits per heavy atom. The third-order valence-electron chi connectivity index (χ3n) is 0.606. The largest absolute Gasteiger partial charge is 0.197 e. The van der Waals surface area contributed by atoms with Crippen molar-refractivity contribution < 1.29 is 0 Å². The number of halogens is 3. The molecule has 0 nitrogen and oxygen atoms in total. The fourth-order valence-corrected chi connectivity index (χ4v) is 0.450. The first-order valence-corrected chi connectivity index (χ1v) is 3.61. The van der Waals surface area contributed by atoms with Crippen molar-refractivity contribution in [2.45, 2.75) is 17.6 Å². The van der Waals surface area contributed by atoms with Crippen molar-refractivity contribution in [3.8, 4) is 0 Å². The molecule has 0 saturated heterocycles. The van der Waals surface area contributed by atoms with Crippen LogP contribution < -0.4 is 0 Å². The minimum atomic E-state index is -1.25. The lowest BCUT2D eigenvalue weighted by molar-refractivity contribution is 1.28. The molecule has 0 aliphatic heterocycles. The summed E-state index contributed by atoms with van der Waals surface area (Å²) in [5.74, 6) is 0. The summed E-state index contributed by atoms with van der Waals surface area (Å²) in [4.78, 5) is 0. The molecule has 0 N–H and O–H groups in total. The number of hydrogen-bond donors (Lipinski definition) is 0. The molecule has 9 heavy (non-hydrogen) atoms. The van der Waals surface area contributed by atoms with Crippen LogP contribution in [0.25, 0.3) is 0 Å². The lowest BCUT2D eigenvalue weighted by Gasteiger charge is -2.05. The maximum atomic E-state index is 5.41. The first-order chi connectivity index (χ1) is 3.92. The van der Waals surface area contributed by atoms with Crippen LogP contribution in [0.3, 0.4) is 0 Å². The molecule has 3 heteroatoms. The van der Waals surface area contributed by atoms with Crippen molar-refractivity contribution in [1.29, 1.82) is 0 Å². The van der Waals surface area contributed by atoms with Crippen molar-refractivity contribution in [1.82, 2.24) is 0 Å². The molecule has 0 amide bonds. The van der Waals surface area contributed by atoms with E-state index in [2.05, 4.69) is 0 Å². The van der Waals surface area contributed by atoms with Crippen LogP contribution in [-0.4, -0.2) is 3.79 Å². The molecule has 0 aromatic rings. The van der Waals surface area contributed by atoms with E-state index in [1.54, 1.807) is 6.08 Å². The van der Waals surface area contributed by atoms with Gasteiger partial charge in [-0.25, -0.2) is 0 Å². The average Bonchev–Trinajstić information content (AvgIpc) is 1.59. The van der Waals surface area contributed by atoms with Crippen LogP contribution in [0.5, 0.6) is 0 Å². The second kappa shape index (κ2) is 3.70. The van der Waals surface area contributed by atoms with Crippen LogP contribution in [-0.2, 0) is 0 Å². The standard InChI is InChI=1S/C6H8Cl3/c1-5(2)3-4-6(7,8)9/h3-4H,1-2H3. The normalized spacial score (nSPS) is 11.2. The first kappa shape index (κ1) is 9.61. The molecule has 0 aliphatic rings. The second-order valence-electron chi connectivity index (χ2n) is 1.95. The summed E-state index contributed by atoms with van der Waals surface area (Å²) < 4.78 is -1.25. The van der Waals surface area contributed by atoms with E-state index in [0.29, 0.717) is 0 Å². The molecular formula is C6H8Cl3. The molecule has 0 saturated carbocycles. The molecule has 0 spiro atoms. The Labute approximate surface area is 70.8 Å². The molecule has 0 atom stereocenters. The molecule has 0 aromatic carbocycles. The third-order valence-corrected chi connectivity index (χ3v) is 0.984. The summed E-state index contributed by atoms with van der Waals surface area (Å²) >= 11 is 16.2. The smallest absolute Gasteiger partial charge is 0.0830 e. The highest BCUT2D eigenvalue weighted by atomic mass is 35.6. The van der Waals surface area contributed by atoms with E-state index in [0.717, 1.165) is 5.57 Å². The Morgan fingerprint density at radius 2 is 1.67 bits per heavy atom. The number of allylic oxidation sites excluding steroid dienone is 2. The van der Waals surface area contributed by atoms with Gasteiger partial charge in [-0.2, -0.15) is 0 Å². The van der Waals surface area contributed by atoms with Crippen LogP contribution in [0.15, 0.2) is 11.6 Å². The predicted molar refractivity (Wildman–Crippen MR) is 44.0 cm³/mol. The van der Waals surface area contributed by atoms with E-state index >= 15 is 0 Å². The van der Waals surface area contributed by atoms with Crippen molar-refractivity contribution >= 4 is 34.8 Å². The van der Waals surface area contributed by atoms with E-state index in [1.165, 1.54) is 6.42 Å². The van der Waals surface area contributed by atoms with Gasteiger partial charge in [-0.05, 0) is 13.8 Å². The molecule has 0 aromatic heterocycles. The number of rotatable bonds is 1. The molecule has 0 bridgehead atoms. The summed E-state index contributed by atoms with van der Waals surface area (Å²) in [5.41, 5.74) is 1.11.